The second-order valence-corrected chi connectivity index (χ2v) is 10.7. The van der Waals surface area contributed by atoms with Gasteiger partial charge in [-0.3, -0.25) is 4.98 Å². The van der Waals surface area contributed by atoms with Gasteiger partial charge >= 0.3 is 6.03 Å². The molecule has 0 saturated carbocycles. The molecule has 2 amide bonds. The Hall–Kier alpha value is -3.45. The standard InChI is InChI=1S/C25H24ClN5O3S/c26-21-5-1-4-20(15-21)25(18-27)10-13-31(14-11-25)35(33,34)23-8-6-22(7-9-23)30-24(32)29-17-19-3-2-12-28-16-19/h1-9,12,15-16H,10-11,13-14,17H2,(H2,29,30,32). The van der Waals surface area contributed by atoms with Crippen molar-refractivity contribution < 1.29 is 13.2 Å². The molecule has 8 nitrogen and oxygen atoms in total. The smallest absolute Gasteiger partial charge is 0.319 e. The van der Waals surface area contributed by atoms with E-state index in [0.717, 1.165) is 11.1 Å². The third-order valence-electron chi connectivity index (χ3n) is 6.09. The maximum absolute atomic E-state index is 13.2. The lowest BCUT2D eigenvalue weighted by Crippen LogP contribution is -2.44. The van der Waals surface area contributed by atoms with E-state index in [-0.39, 0.29) is 18.0 Å². The Labute approximate surface area is 209 Å². The van der Waals surface area contributed by atoms with Gasteiger partial charge in [-0.25, -0.2) is 13.2 Å². The van der Waals surface area contributed by atoms with Gasteiger partial charge in [0.1, 0.15) is 0 Å². The molecule has 2 aromatic carbocycles. The second-order valence-electron chi connectivity index (χ2n) is 8.30. The molecule has 1 aliphatic rings. The largest absolute Gasteiger partial charge is 0.334 e. The number of rotatable bonds is 6. The van der Waals surface area contributed by atoms with E-state index in [0.29, 0.717) is 30.1 Å². The predicted octanol–water partition coefficient (Wildman–Crippen LogP) is 4.30. The van der Waals surface area contributed by atoms with Crippen LogP contribution in [0.4, 0.5) is 10.5 Å². The summed E-state index contributed by atoms with van der Waals surface area (Å²) in [6.07, 6.45) is 4.07. The number of halogens is 1. The van der Waals surface area contributed by atoms with Crippen LogP contribution in [0.15, 0.2) is 78.0 Å². The van der Waals surface area contributed by atoms with Gasteiger partial charge in [0.25, 0.3) is 0 Å². The maximum Gasteiger partial charge on any atom is 0.319 e. The first-order chi connectivity index (χ1) is 16.8. The molecule has 0 radical (unpaired) electrons. The van der Waals surface area contributed by atoms with Crippen molar-refractivity contribution in [3.05, 3.63) is 89.2 Å². The summed E-state index contributed by atoms with van der Waals surface area (Å²) in [4.78, 5) is 16.3. The molecular formula is C25H24ClN5O3S. The Kier molecular flexibility index (Phi) is 7.36. The molecule has 1 fully saturated rings. The number of carbonyl (C=O) groups is 1. The zero-order valence-corrected chi connectivity index (χ0v) is 20.4. The third-order valence-corrected chi connectivity index (χ3v) is 8.24. The van der Waals surface area contributed by atoms with Crippen LogP contribution in [0.1, 0.15) is 24.0 Å². The van der Waals surface area contributed by atoms with Gasteiger partial charge in [0.15, 0.2) is 0 Å². The molecular weight excluding hydrogens is 486 g/mol. The van der Waals surface area contributed by atoms with E-state index in [1.54, 1.807) is 48.8 Å². The number of anilines is 1. The van der Waals surface area contributed by atoms with Crippen LogP contribution in [0.2, 0.25) is 5.02 Å². The van der Waals surface area contributed by atoms with Crippen LogP contribution in [0.5, 0.6) is 0 Å². The molecule has 0 aliphatic carbocycles. The fourth-order valence-electron chi connectivity index (χ4n) is 4.08. The van der Waals surface area contributed by atoms with Crippen molar-refractivity contribution in [2.24, 2.45) is 0 Å². The molecule has 2 heterocycles. The molecule has 180 valence electrons. The molecule has 0 bridgehead atoms. The van der Waals surface area contributed by atoms with Crippen LogP contribution in [0.25, 0.3) is 0 Å². The number of nitriles is 1. The van der Waals surface area contributed by atoms with Crippen LogP contribution >= 0.6 is 11.6 Å². The van der Waals surface area contributed by atoms with E-state index >= 15 is 0 Å². The van der Waals surface area contributed by atoms with Crippen molar-refractivity contribution in [3.63, 3.8) is 0 Å². The Balaban J connectivity index is 1.37. The van der Waals surface area contributed by atoms with Gasteiger partial charge < -0.3 is 10.6 Å². The summed E-state index contributed by atoms with van der Waals surface area (Å²) in [5, 5.41) is 15.9. The highest BCUT2D eigenvalue weighted by atomic mass is 35.5. The van der Waals surface area contributed by atoms with Gasteiger partial charge in [0, 0.05) is 42.7 Å². The normalized spacial score (nSPS) is 15.7. The number of sulfonamides is 1. The van der Waals surface area contributed by atoms with Gasteiger partial charge in [-0.15, -0.1) is 0 Å². The van der Waals surface area contributed by atoms with Gasteiger partial charge in [-0.1, -0.05) is 29.8 Å². The van der Waals surface area contributed by atoms with E-state index in [2.05, 4.69) is 21.7 Å². The highest BCUT2D eigenvalue weighted by molar-refractivity contribution is 7.89. The van der Waals surface area contributed by atoms with Crippen LogP contribution in [-0.2, 0) is 22.0 Å². The van der Waals surface area contributed by atoms with Crippen LogP contribution in [0.3, 0.4) is 0 Å². The fourth-order valence-corrected chi connectivity index (χ4v) is 5.71. The Morgan fingerprint density at radius 2 is 1.86 bits per heavy atom. The number of benzene rings is 2. The van der Waals surface area contributed by atoms with Crippen molar-refractivity contribution in [2.75, 3.05) is 18.4 Å². The monoisotopic (exact) mass is 509 g/mol. The molecule has 1 aromatic heterocycles. The molecule has 35 heavy (non-hydrogen) atoms. The van der Waals surface area contributed by atoms with E-state index in [4.69, 9.17) is 11.6 Å². The van der Waals surface area contributed by atoms with Gasteiger partial charge in [0.2, 0.25) is 10.0 Å². The van der Waals surface area contributed by atoms with Crippen molar-refractivity contribution in [3.8, 4) is 6.07 Å². The summed E-state index contributed by atoms with van der Waals surface area (Å²) in [5.74, 6) is 0. The van der Waals surface area contributed by atoms with Crippen molar-refractivity contribution >= 4 is 33.3 Å². The summed E-state index contributed by atoms with van der Waals surface area (Å²) in [6.45, 7) is 0.763. The number of pyridine rings is 1. The average molecular weight is 510 g/mol. The zero-order chi connectivity index (χ0) is 24.9. The lowest BCUT2D eigenvalue weighted by Gasteiger charge is -2.37. The SMILES string of the molecule is N#CC1(c2cccc(Cl)c2)CCN(S(=O)(=O)c2ccc(NC(=O)NCc3cccnc3)cc2)CC1. The fraction of sp³-hybridized carbons (Fsp3) is 0.240. The second kappa shape index (κ2) is 10.4. The number of carbonyl (C=O) groups excluding carboxylic acids is 1. The average Bonchev–Trinajstić information content (AvgIpc) is 2.88. The molecule has 3 aromatic rings. The number of hydrogen-bond acceptors (Lipinski definition) is 5. The summed E-state index contributed by atoms with van der Waals surface area (Å²) in [5.41, 5.74) is 1.37. The van der Waals surface area contributed by atoms with Crippen LogP contribution in [-0.4, -0.2) is 36.8 Å². The Morgan fingerprint density at radius 3 is 2.49 bits per heavy atom. The molecule has 2 N–H and O–H groups in total. The van der Waals surface area contributed by atoms with Crippen LogP contribution < -0.4 is 10.6 Å². The quantitative estimate of drug-likeness (QED) is 0.514. The number of nitrogens with one attached hydrogen (secondary N) is 2. The maximum atomic E-state index is 13.2. The topological polar surface area (TPSA) is 115 Å². The van der Waals surface area contributed by atoms with E-state index in [1.165, 1.54) is 16.4 Å². The lowest BCUT2D eigenvalue weighted by atomic mass is 9.74. The number of hydrogen-bond donors (Lipinski definition) is 2. The van der Waals surface area contributed by atoms with Crippen molar-refractivity contribution in [1.29, 1.82) is 5.26 Å². The first kappa shape index (κ1) is 24.7. The zero-order valence-electron chi connectivity index (χ0n) is 18.8. The summed E-state index contributed by atoms with van der Waals surface area (Å²) < 4.78 is 27.8. The summed E-state index contributed by atoms with van der Waals surface area (Å²) in [7, 11) is -3.74. The first-order valence-corrected chi connectivity index (χ1v) is 12.9. The molecule has 10 heteroatoms. The van der Waals surface area contributed by atoms with Gasteiger partial charge in [0.05, 0.1) is 16.4 Å². The molecule has 0 spiro atoms. The van der Waals surface area contributed by atoms with Gasteiger partial charge in [-0.2, -0.15) is 9.57 Å². The highest BCUT2D eigenvalue weighted by Gasteiger charge is 2.40. The molecule has 1 saturated heterocycles. The number of amides is 2. The molecule has 0 unspecified atom stereocenters. The Morgan fingerprint density at radius 1 is 1.11 bits per heavy atom. The minimum Gasteiger partial charge on any atom is -0.334 e. The van der Waals surface area contributed by atoms with Crippen LogP contribution in [0, 0.1) is 11.3 Å². The first-order valence-electron chi connectivity index (χ1n) is 11.0. The molecule has 0 atom stereocenters. The van der Waals surface area contributed by atoms with E-state index in [1.807, 2.05) is 12.1 Å². The molecule has 4 rings (SSSR count). The van der Waals surface area contributed by atoms with Crippen molar-refractivity contribution in [1.82, 2.24) is 14.6 Å². The number of urea groups is 1. The van der Waals surface area contributed by atoms with Gasteiger partial charge in [-0.05, 0) is 66.4 Å². The van der Waals surface area contributed by atoms with E-state index < -0.39 is 21.5 Å². The number of aromatic nitrogens is 1. The molecule has 1 aliphatic heterocycles. The van der Waals surface area contributed by atoms with Crippen molar-refractivity contribution in [2.45, 2.75) is 29.7 Å². The Bertz CT molecular complexity index is 1330. The minimum atomic E-state index is -3.74. The summed E-state index contributed by atoms with van der Waals surface area (Å²) >= 11 is 6.11. The predicted molar refractivity (Wildman–Crippen MR) is 133 cm³/mol. The minimum absolute atomic E-state index is 0.131. The highest BCUT2D eigenvalue weighted by Crippen LogP contribution is 2.37. The number of piperidine rings is 1. The number of nitrogens with zero attached hydrogens (tertiary/aromatic N) is 3. The lowest BCUT2D eigenvalue weighted by molar-refractivity contribution is 0.251. The summed E-state index contributed by atoms with van der Waals surface area (Å²) in [6, 6.07) is 18.8. The van der Waals surface area contributed by atoms with E-state index in [9.17, 15) is 18.5 Å². The third kappa shape index (κ3) is 5.62.